The summed E-state index contributed by atoms with van der Waals surface area (Å²) in [6, 6.07) is 3.94. The van der Waals surface area contributed by atoms with E-state index in [1.165, 1.54) is 6.07 Å². The molecule has 0 bridgehead atoms. The average molecular weight is 466 g/mol. The molecule has 0 saturated carbocycles. The summed E-state index contributed by atoms with van der Waals surface area (Å²) in [7, 11) is 0. The first-order valence-electron chi connectivity index (χ1n) is 10.2. The van der Waals surface area contributed by atoms with Crippen LogP contribution in [0.3, 0.4) is 0 Å². The van der Waals surface area contributed by atoms with Crippen LogP contribution in [0.1, 0.15) is 17.2 Å². The quantitative estimate of drug-likeness (QED) is 0.611. The Morgan fingerprint density at radius 3 is 2.84 bits per heavy atom. The average Bonchev–Trinajstić information content (AvgIpc) is 3.49. The number of fused-ring (bicyclic) bond motifs is 3. The molecule has 32 heavy (non-hydrogen) atoms. The molecule has 6 rings (SSSR count). The van der Waals surface area contributed by atoms with E-state index in [0.717, 1.165) is 6.07 Å². The molecule has 3 aliphatic rings. The second-order valence-electron chi connectivity index (χ2n) is 8.16. The number of halogens is 3. The van der Waals surface area contributed by atoms with Crippen molar-refractivity contribution in [2.24, 2.45) is 0 Å². The van der Waals surface area contributed by atoms with E-state index in [0.29, 0.717) is 33.9 Å². The van der Waals surface area contributed by atoms with Gasteiger partial charge in [0.25, 0.3) is 6.01 Å². The number of nitrogens with zero attached hydrogens (tertiary/aromatic N) is 2. The fourth-order valence-corrected chi connectivity index (χ4v) is 4.79. The molecule has 2 fully saturated rings. The number of benzene rings is 1. The van der Waals surface area contributed by atoms with Gasteiger partial charge < -0.3 is 29.0 Å². The Bertz CT molecular complexity index is 1210. The molecular formula is C21H18ClF2N3O5. The zero-order valence-electron chi connectivity index (χ0n) is 16.6. The molecule has 0 amide bonds. The molecule has 2 aromatic heterocycles. The predicted molar refractivity (Wildman–Crippen MR) is 107 cm³/mol. The smallest absolute Gasteiger partial charge is 0.296 e. The summed E-state index contributed by atoms with van der Waals surface area (Å²) in [4.78, 5) is 11.9. The molecule has 0 aliphatic carbocycles. The van der Waals surface area contributed by atoms with Crippen LogP contribution in [0, 0.1) is 11.6 Å². The number of imidazole rings is 1. The number of rotatable bonds is 4. The van der Waals surface area contributed by atoms with Gasteiger partial charge >= 0.3 is 0 Å². The van der Waals surface area contributed by atoms with Gasteiger partial charge in [0.05, 0.1) is 36.1 Å². The first kappa shape index (κ1) is 20.1. The lowest BCUT2D eigenvalue weighted by molar-refractivity contribution is 0.00706. The maximum atomic E-state index is 14.3. The minimum absolute atomic E-state index is 0.205. The Kier molecular flexibility index (Phi) is 4.72. The predicted octanol–water partition coefficient (Wildman–Crippen LogP) is 2.51. The molecule has 0 unspecified atom stereocenters. The van der Waals surface area contributed by atoms with E-state index >= 15 is 0 Å². The lowest BCUT2D eigenvalue weighted by atomic mass is 9.95. The van der Waals surface area contributed by atoms with E-state index in [2.05, 4.69) is 15.0 Å². The van der Waals surface area contributed by atoms with Crippen molar-refractivity contribution in [2.75, 3.05) is 19.8 Å². The zero-order chi connectivity index (χ0) is 22.0. The zero-order valence-corrected chi connectivity index (χ0v) is 17.3. The van der Waals surface area contributed by atoms with Gasteiger partial charge in [-0.1, -0.05) is 11.6 Å². The van der Waals surface area contributed by atoms with E-state index < -0.39 is 29.9 Å². The van der Waals surface area contributed by atoms with Gasteiger partial charge in [0.2, 0.25) is 0 Å². The van der Waals surface area contributed by atoms with Crippen LogP contribution in [0.5, 0.6) is 11.8 Å². The van der Waals surface area contributed by atoms with Gasteiger partial charge in [-0.15, -0.1) is 0 Å². The van der Waals surface area contributed by atoms with Gasteiger partial charge in [-0.25, -0.2) is 13.8 Å². The van der Waals surface area contributed by atoms with E-state index in [1.807, 2.05) is 0 Å². The molecule has 2 saturated heterocycles. The summed E-state index contributed by atoms with van der Waals surface area (Å²) in [6.07, 6.45) is -1.55. The normalized spacial score (nSPS) is 28.7. The Labute approximate surface area is 185 Å². The highest BCUT2D eigenvalue weighted by Gasteiger charge is 2.48. The van der Waals surface area contributed by atoms with Gasteiger partial charge in [0.1, 0.15) is 35.7 Å². The number of nitrogens with one attached hydrogen (secondary N) is 1. The Balaban J connectivity index is 1.23. The third kappa shape index (κ3) is 3.29. The minimum Gasteiger partial charge on any atom is -0.492 e. The van der Waals surface area contributed by atoms with Crippen LogP contribution in [0.2, 0.25) is 5.02 Å². The SMILES string of the molecule is O[C@@H]1CO[C@H]2[C@@H]1OC[C@H]2Oc1nc2nc(C[C@H]3COc4cc(F)cc(F)c43)c(Cl)cc2[nH]1. The van der Waals surface area contributed by atoms with Crippen LogP contribution in [0.4, 0.5) is 8.78 Å². The molecule has 168 valence electrons. The summed E-state index contributed by atoms with van der Waals surface area (Å²) < 4.78 is 50.3. The van der Waals surface area contributed by atoms with Crippen LogP contribution >= 0.6 is 11.6 Å². The van der Waals surface area contributed by atoms with Crippen molar-refractivity contribution in [3.05, 3.63) is 46.1 Å². The van der Waals surface area contributed by atoms with Gasteiger partial charge in [0.15, 0.2) is 11.8 Å². The maximum Gasteiger partial charge on any atom is 0.296 e. The lowest BCUT2D eigenvalue weighted by Crippen LogP contribution is -2.34. The minimum atomic E-state index is -0.681. The number of ether oxygens (including phenoxy) is 4. The van der Waals surface area contributed by atoms with Crippen LogP contribution in [0.25, 0.3) is 11.2 Å². The van der Waals surface area contributed by atoms with Crippen molar-refractivity contribution in [1.82, 2.24) is 15.0 Å². The number of H-pyrrole nitrogens is 1. The number of pyridine rings is 1. The summed E-state index contributed by atoms with van der Waals surface area (Å²) >= 11 is 6.43. The van der Waals surface area contributed by atoms with Crippen molar-refractivity contribution in [2.45, 2.75) is 36.8 Å². The molecule has 2 N–H and O–H groups in total. The molecule has 3 aliphatic heterocycles. The third-order valence-electron chi connectivity index (χ3n) is 6.07. The summed E-state index contributed by atoms with van der Waals surface area (Å²) in [6.45, 7) is 0.685. The first-order valence-corrected chi connectivity index (χ1v) is 10.6. The van der Waals surface area contributed by atoms with Crippen LogP contribution in [0.15, 0.2) is 18.2 Å². The van der Waals surface area contributed by atoms with Crippen molar-refractivity contribution in [3.8, 4) is 11.8 Å². The number of hydrogen-bond donors (Lipinski definition) is 2. The molecular weight excluding hydrogens is 448 g/mol. The standard InChI is InChI=1S/C21H18ClF2N3O5/c22-10-4-13-20(27-21(26-13)32-16-7-31-18-14(28)6-30-19(16)18)25-12(10)1-8-5-29-15-3-9(23)2-11(24)17(8)15/h2-4,8,14,16,18-19,28H,1,5-7H2,(H,25,26,27)/t8-,14+,16+,18+,19+/m0/s1. The van der Waals surface area contributed by atoms with Crippen LogP contribution in [-0.4, -0.2) is 64.3 Å². The van der Waals surface area contributed by atoms with Crippen molar-refractivity contribution in [1.29, 1.82) is 0 Å². The Hall–Kier alpha value is -2.53. The second kappa shape index (κ2) is 7.51. The van der Waals surface area contributed by atoms with E-state index in [1.54, 1.807) is 6.07 Å². The molecule has 11 heteroatoms. The first-order chi connectivity index (χ1) is 15.5. The Morgan fingerprint density at radius 1 is 1.12 bits per heavy atom. The van der Waals surface area contributed by atoms with Crippen molar-refractivity contribution >= 4 is 22.8 Å². The van der Waals surface area contributed by atoms with Crippen LogP contribution < -0.4 is 9.47 Å². The molecule has 5 atom stereocenters. The largest absolute Gasteiger partial charge is 0.492 e. The number of aliphatic hydroxyl groups is 1. The summed E-state index contributed by atoms with van der Waals surface area (Å²) in [5.41, 5.74) is 1.81. The highest BCUT2D eigenvalue weighted by atomic mass is 35.5. The summed E-state index contributed by atoms with van der Waals surface area (Å²) in [5, 5.41) is 10.2. The van der Waals surface area contributed by atoms with Crippen molar-refractivity contribution < 1.29 is 32.8 Å². The number of aliphatic hydroxyl groups excluding tert-OH is 1. The van der Waals surface area contributed by atoms with E-state index in [4.69, 9.17) is 30.5 Å². The number of hydrogen-bond acceptors (Lipinski definition) is 7. The third-order valence-corrected chi connectivity index (χ3v) is 6.39. The van der Waals surface area contributed by atoms with Crippen LogP contribution in [-0.2, 0) is 15.9 Å². The number of aromatic nitrogens is 3. The maximum absolute atomic E-state index is 14.3. The van der Waals surface area contributed by atoms with Gasteiger partial charge in [0, 0.05) is 30.0 Å². The molecule has 0 spiro atoms. The highest BCUT2D eigenvalue weighted by Crippen LogP contribution is 2.39. The molecule has 8 nitrogen and oxygen atoms in total. The molecule has 1 aromatic carbocycles. The van der Waals surface area contributed by atoms with Gasteiger partial charge in [-0.05, 0) is 6.07 Å². The van der Waals surface area contributed by atoms with E-state index in [-0.39, 0.29) is 43.6 Å². The second-order valence-corrected chi connectivity index (χ2v) is 8.57. The monoisotopic (exact) mass is 465 g/mol. The lowest BCUT2D eigenvalue weighted by Gasteiger charge is -2.15. The number of aromatic amines is 1. The Morgan fingerprint density at radius 2 is 1.97 bits per heavy atom. The topological polar surface area (TPSA) is 98.7 Å². The summed E-state index contributed by atoms with van der Waals surface area (Å²) in [5.74, 6) is -1.47. The van der Waals surface area contributed by atoms with Gasteiger partial charge in [-0.3, -0.25) is 0 Å². The highest BCUT2D eigenvalue weighted by molar-refractivity contribution is 6.31. The molecule has 3 aromatic rings. The van der Waals surface area contributed by atoms with E-state index in [9.17, 15) is 13.9 Å². The van der Waals surface area contributed by atoms with Crippen molar-refractivity contribution in [3.63, 3.8) is 0 Å². The fraction of sp³-hybridized carbons (Fsp3) is 0.429. The van der Waals surface area contributed by atoms with Gasteiger partial charge in [-0.2, -0.15) is 4.98 Å². The molecule has 0 radical (unpaired) electrons. The fourth-order valence-electron chi connectivity index (χ4n) is 4.56. The molecule has 5 heterocycles.